The molecule has 2 aromatic carbocycles. The highest BCUT2D eigenvalue weighted by molar-refractivity contribution is 7.95. The molecule has 0 aliphatic heterocycles. The third kappa shape index (κ3) is 4.27. The van der Waals surface area contributed by atoms with Gasteiger partial charge in [-0.3, -0.25) is 4.72 Å². The lowest BCUT2D eigenvalue weighted by Crippen LogP contribution is -2.19. The number of fused-ring (bicyclic) bond motifs is 1. The molecule has 0 heterocycles. The lowest BCUT2D eigenvalue weighted by molar-refractivity contribution is 0.597. The van der Waals surface area contributed by atoms with Gasteiger partial charge in [0.1, 0.15) is 4.90 Å². The van der Waals surface area contributed by atoms with Crippen molar-refractivity contribution in [1.82, 2.24) is 0 Å². The fourth-order valence-electron chi connectivity index (χ4n) is 2.97. The van der Waals surface area contributed by atoms with Crippen LogP contribution in [0.3, 0.4) is 0 Å². The van der Waals surface area contributed by atoms with Gasteiger partial charge in [-0.2, -0.15) is 0 Å². The molecule has 1 aliphatic carbocycles. The van der Waals surface area contributed by atoms with Crippen molar-refractivity contribution >= 4 is 43.4 Å². The van der Waals surface area contributed by atoms with Crippen LogP contribution in [0.5, 0.6) is 0 Å². The van der Waals surface area contributed by atoms with E-state index >= 15 is 0 Å². The number of benzene rings is 2. The fraction of sp³-hybridized carbons (Fsp3) is 0.176. The number of halogens is 1. The Morgan fingerprint density at radius 3 is 2.35 bits per heavy atom. The zero-order chi connectivity index (χ0) is 18.9. The van der Waals surface area contributed by atoms with Gasteiger partial charge in [0.2, 0.25) is 10.0 Å². The van der Waals surface area contributed by atoms with Crippen LogP contribution < -0.4 is 9.86 Å². The number of hydrogen-bond acceptors (Lipinski definition) is 4. The van der Waals surface area contributed by atoms with Crippen LogP contribution >= 0.6 is 11.6 Å². The summed E-state index contributed by atoms with van der Waals surface area (Å²) in [4.78, 5) is -0.143. The quantitative estimate of drug-likeness (QED) is 0.787. The molecule has 0 saturated carbocycles. The number of anilines is 1. The van der Waals surface area contributed by atoms with Crippen molar-refractivity contribution in [2.24, 2.45) is 5.14 Å². The van der Waals surface area contributed by atoms with Crippen molar-refractivity contribution in [3.63, 3.8) is 0 Å². The van der Waals surface area contributed by atoms with Crippen LogP contribution in [-0.4, -0.2) is 16.8 Å². The van der Waals surface area contributed by atoms with E-state index in [1.54, 1.807) is 30.3 Å². The van der Waals surface area contributed by atoms with Crippen LogP contribution in [0.2, 0.25) is 5.02 Å². The molecule has 0 bridgehead atoms. The van der Waals surface area contributed by atoms with Gasteiger partial charge in [-0.05, 0) is 60.2 Å². The Bertz CT molecular complexity index is 1080. The predicted molar refractivity (Wildman–Crippen MR) is 103 cm³/mol. The number of rotatable bonds is 5. The minimum atomic E-state index is -4.07. The zero-order valence-electron chi connectivity index (χ0n) is 13.6. The lowest BCUT2D eigenvalue weighted by Gasteiger charge is -2.13. The summed E-state index contributed by atoms with van der Waals surface area (Å²) < 4.78 is 51.1. The first-order valence-corrected chi connectivity index (χ1v) is 11.3. The highest BCUT2D eigenvalue weighted by atomic mass is 35.5. The third-order valence-electron chi connectivity index (χ3n) is 4.08. The second kappa shape index (κ2) is 7.03. The van der Waals surface area contributed by atoms with Gasteiger partial charge in [-0.25, -0.2) is 22.0 Å². The Labute approximate surface area is 157 Å². The minimum Gasteiger partial charge on any atom is -0.279 e. The first kappa shape index (κ1) is 18.9. The van der Waals surface area contributed by atoms with Crippen LogP contribution in [0, 0.1) is 0 Å². The molecule has 0 fully saturated rings. The van der Waals surface area contributed by atoms with Gasteiger partial charge in [0.25, 0.3) is 10.0 Å². The SMILES string of the molecule is NS(=O)(=O)c1c(NS(=O)(=O)/C=C/c2ccc(Cl)cc2)ccc2c1CCC2. The Morgan fingerprint density at radius 1 is 1.00 bits per heavy atom. The second-order valence-corrected chi connectivity index (χ2v) is 9.48. The van der Waals surface area contributed by atoms with Crippen molar-refractivity contribution in [2.75, 3.05) is 4.72 Å². The molecule has 3 N–H and O–H groups in total. The van der Waals surface area contributed by atoms with E-state index in [0.29, 0.717) is 22.6 Å². The summed E-state index contributed by atoms with van der Waals surface area (Å²) in [5.41, 5.74) is 2.08. The second-order valence-electron chi connectivity index (χ2n) is 5.98. The minimum absolute atomic E-state index is 0.0334. The molecule has 138 valence electrons. The van der Waals surface area contributed by atoms with Crippen LogP contribution in [0.25, 0.3) is 6.08 Å². The number of hydrogen-bond donors (Lipinski definition) is 2. The summed E-state index contributed by atoms with van der Waals surface area (Å²) >= 11 is 5.79. The monoisotopic (exact) mass is 412 g/mol. The van der Waals surface area contributed by atoms with E-state index in [1.165, 1.54) is 12.1 Å². The molecule has 0 amide bonds. The van der Waals surface area contributed by atoms with E-state index in [1.807, 2.05) is 0 Å². The standard InChI is InChI=1S/C17H17ClN2O4S2/c18-14-7-4-12(5-8-14)10-11-25(21,22)20-16-9-6-13-2-1-3-15(13)17(16)26(19,23)24/h4-11,20H,1-3H2,(H2,19,23,24)/b11-10+. The summed E-state index contributed by atoms with van der Waals surface area (Å²) in [5.74, 6) is 0. The highest BCUT2D eigenvalue weighted by Crippen LogP contribution is 2.34. The molecule has 0 unspecified atom stereocenters. The Morgan fingerprint density at radius 2 is 1.69 bits per heavy atom. The highest BCUT2D eigenvalue weighted by Gasteiger charge is 2.26. The molecule has 0 aromatic heterocycles. The molecule has 0 saturated heterocycles. The van der Waals surface area contributed by atoms with Gasteiger partial charge in [-0.1, -0.05) is 29.8 Å². The molecular formula is C17H17ClN2O4S2. The molecule has 0 atom stereocenters. The Balaban J connectivity index is 1.94. The largest absolute Gasteiger partial charge is 0.279 e. The fourth-order valence-corrected chi connectivity index (χ4v) is 5.04. The van der Waals surface area contributed by atoms with E-state index in [9.17, 15) is 16.8 Å². The summed E-state index contributed by atoms with van der Waals surface area (Å²) in [6, 6.07) is 9.79. The van der Waals surface area contributed by atoms with E-state index in [-0.39, 0.29) is 10.6 Å². The molecule has 3 rings (SSSR count). The predicted octanol–water partition coefficient (Wildman–Crippen LogP) is 2.89. The third-order valence-corrected chi connectivity index (χ3v) is 6.36. The average Bonchev–Trinajstić information content (AvgIpc) is 3.01. The van der Waals surface area contributed by atoms with Crippen molar-refractivity contribution in [2.45, 2.75) is 24.2 Å². The molecule has 2 aromatic rings. The topological polar surface area (TPSA) is 106 Å². The van der Waals surface area contributed by atoms with Crippen LogP contribution in [-0.2, 0) is 32.9 Å². The van der Waals surface area contributed by atoms with Crippen molar-refractivity contribution in [1.29, 1.82) is 0 Å². The summed E-state index contributed by atoms with van der Waals surface area (Å²) in [6.45, 7) is 0. The number of nitrogens with one attached hydrogen (secondary N) is 1. The number of primary sulfonamides is 1. The maximum absolute atomic E-state index is 12.4. The van der Waals surface area contributed by atoms with Crippen LogP contribution in [0.4, 0.5) is 5.69 Å². The van der Waals surface area contributed by atoms with Crippen molar-refractivity contribution in [3.05, 3.63) is 63.5 Å². The average molecular weight is 413 g/mol. The van der Waals surface area contributed by atoms with Gasteiger partial charge < -0.3 is 0 Å². The summed E-state index contributed by atoms with van der Waals surface area (Å²) in [6.07, 6.45) is 3.51. The van der Waals surface area contributed by atoms with Gasteiger partial charge in [0, 0.05) is 5.02 Å². The summed E-state index contributed by atoms with van der Waals surface area (Å²) in [5, 5.41) is 6.84. The Hall–Kier alpha value is -1.87. The summed E-state index contributed by atoms with van der Waals surface area (Å²) in [7, 11) is -8.00. The normalized spacial score (nSPS) is 14.5. The van der Waals surface area contributed by atoms with E-state index < -0.39 is 20.0 Å². The first-order valence-electron chi connectivity index (χ1n) is 7.80. The lowest BCUT2D eigenvalue weighted by atomic mass is 10.1. The van der Waals surface area contributed by atoms with Gasteiger partial charge in [0.15, 0.2) is 0 Å². The van der Waals surface area contributed by atoms with E-state index in [2.05, 4.69) is 4.72 Å². The van der Waals surface area contributed by atoms with Crippen LogP contribution in [0.15, 0.2) is 46.7 Å². The molecule has 6 nitrogen and oxygen atoms in total. The van der Waals surface area contributed by atoms with Gasteiger partial charge >= 0.3 is 0 Å². The van der Waals surface area contributed by atoms with Gasteiger partial charge in [0.05, 0.1) is 11.1 Å². The van der Waals surface area contributed by atoms with E-state index in [0.717, 1.165) is 23.8 Å². The van der Waals surface area contributed by atoms with Gasteiger partial charge in [-0.15, -0.1) is 0 Å². The van der Waals surface area contributed by atoms with Crippen LogP contribution in [0.1, 0.15) is 23.1 Å². The zero-order valence-corrected chi connectivity index (χ0v) is 16.0. The molecule has 0 radical (unpaired) electrons. The molecule has 26 heavy (non-hydrogen) atoms. The number of sulfonamides is 2. The number of nitrogens with two attached hydrogens (primary N) is 1. The smallest absolute Gasteiger partial charge is 0.255 e. The first-order chi connectivity index (χ1) is 12.2. The van der Waals surface area contributed by atoms with Crippen molar-refractivity contribution in [3.8, 4) is 0 Å². The van der Waals surface area contributed by atoms with Crippen molar-refractivity contribution < 1.29 is 16.8 Å². The molecule has 0 spiro atoms. The molecule has 9 heteroatoms. The molecular weight excluding hydrogens is 396 g/mol. The maximum Gasteiger partial charge on any atom is 0.255 e. The van der Waals surface area contributed by atoms with E-state index in [4.69, 9.17) is 16.7 Å². The maximum atomic E-state index is 12.4. The number of aryl methyl sites for hydroxylation is 1. The molecule has 1 aliphatic rings. The Kier molecular flexibility index (Phi) is 5.12.